The molecular formula is C24H26ClN5O5S2. The number of likely N-dealkylation sites (N-methyl/N-ethyl adjacent to an activating group) is 1. The minimum atomic E-state index is -4.00. The van der Waals surface area contributed by atoms with Gasteiger partial charge in [-0.15, -0.1) is 0 Å². The molecule has 6 N–H and O–H groups in total. The number of sulfonamides is 2. The zero-order valence-corrected chi connectivity index (χ0v) is 22.4. The van der Waals surface area contributed by atoms with Crippen molar-refractivity contribution in [2.24, 2.45) is 5.14 Å². The van der Waals surface area contributed by atoms with Crippen molar-refractivity contribution in [3.63, 3.8) is 0 Å². The third kappa shape index (κ3) is 6.46. The summed E-state index contributed by atoms with van der Waals surface area (Å²) in [5, 5.41) is 16.2. The zero-order chi connectivity index (χ0) is 27.5. The zero-order valence-electron chi connectivity index (χ0n) is 20.0. The van der Waals surface area contributed by atoms with E-state index in [9.17, 15) is 21.6 Å². The predicted molar refractivity (Wildman–Crippen MR) is 146 cm³/mol. The van der Waals surface area contributed by atoms with Crippen LogP contribution in [0.25, 0.3) is 11.1 Å². The molecule has 0 aliphatic carbocycles. The number of nitrogens with one attached hydrogen (secondary N) is 2. The van der Waals surface area contributed by atoms with E-state index >= 15 is 0 Å². The van der Waals surface area contributed by atoms with E-state index < -0.39 is 32.0 Å². The fourth-order valence-electron chi connectivity index (χ4n) is 3.73. The van der Waals surface area contributed by atoms with Crippen LogP contribution in [0.3, 0.4) is 0 Å². The van der Waals surface area contributed by atoms with Crippen molar-refractivity contribution in [3.8, 4) is 11.1 Å². The SMILES string of the molecule is CN(C(=O)[C@H](Cc1cccc(N)c1C=N)Nc1ccc(-c2ccccc2S(N)(=O)=O)cc1Cl)S(C)(=O)=O. The minimum Gasteiger partial charge on any atom is -0.398 e. The Hall–Kier alpha value is -3.45. The van der Waals surface area contributed by atoms with Gasteiger partial charge in [-0.05, 0) is 35.4 Å². The highest BCUT2D eigenvalue weighted by molar-refractivity contribution is 7.89. The summed E-state index contributed by atoms with van der Waals surface area (Å²) in [5.41, 5.74) is 8.39. The van der Waals surface area contributed by atoms with Crippen LogP contribution in [0, 0.1) is 5.41 Å². The van der Waals surface area contributed by atoms with Crippen molar-refractivity contribution in [1.29, 1.82) is 5.41 Å². The van der Waals surface area contributed by atoms with Crippen LogP contribution in [-0.4, -0.2) is 52.6 Å². The summed E-state index contributed by atoms with van der Waals surface area (Å²) in [7, 11) is -6.70. The molecule has 0 radical (unpaired) electrons. The molecule has 0 saturated heterocycles. The quantitative estimate of drug-likeness (QED) is 0.228. The molecular weight excluding hydrogens is 538 g/mol. The molecule has 0 saturated carbocycles. The summed E-state index contributed by atoms with van der Waals surface area (Å²) >= 11 is 6.51. The lowest BCUT2D eigenvalue weighted by atomic mass is 9.98. The van der Waals surface area contributed by atoms with Crippen LogP contribution in [0.15, 0.2) is 65.6 Å². The van der Waals surface area contributed by atoms with Crippen LogP contribution in [0.2, 0.25) is 5.02 Å². The molecule has 37 heavy (non-hydrogen) atoms. The van der Waals surface area contributed by atoms with E-state index in [0.717, 1.165) is 19.5 Å². The molecule has 10 nitrogen and oxygen atoms in total. The lowest BCUT2D eigenvalue weighted by Crippen LogP contribution is -2.44. The summed E-state index contributed by atoms with van der Waals surface area (Å²) in [4.78, 5) is 13.1. The van der Waals surface area contributed by atoms with Crippen LogP contribution in [0.4, 0.5) is 11.4 Å². The molecule has 3 rings (SSSR count). The van der Waals surface area contributed by atoms with E-state index in [1.165, 1.54) is 12.1 Å². The van der Waals surface area contributed by atoms with Crippen molar-refractivity contribution >= 4 is 55.1 Å². The second-order valence-electron chi connectivity index (χ2n) is 8.27. The molecule has 0 aliphatic heterocycles. The molecule has 3 aromatic rings. The van der Waals surface area contributed by atoms with E-state index in [1.807, 2.05) is 0 Å². The van der Waals surface area contributed by atoms with Gasteiger partial charge in [0.15, 0.2) is 0 Å². The largest absolute Gasteiger partial charge is 0.398 e. The molecule has 1 amide bonds. The standard InChI is InChI=1S/C24H26ClN5O5S2/c1-30(36(2,32)33)24(31)22(13-15-6-5-8-20(27)18(15)14-26)29-21-11-10-16(12-19(21)25)17-7-3-4-9-23(17)37(28,34)35/h3-12,14,22,26,29H,13,27H2,1-2H3,(H2,28,34,35)/t22-/m0/s1. The van der Waals surface area contributed by atoms with Crippen molar-refractivity contribution in [2.45, 2.75) is 17.4 Å². The molecule has 0 unspecified atom stereocenters. The van der Waals surface area contributed by atoms with Gasteiger partial charge in [-0.1, -0.05) is 48.0 Å². The Morgan fingerprint density at radius 1 is 1.11 bits per heavy atom. The first-order valence-corrected chi connectivity index (χ1v) is 14.5. The molecule has 13 heteroatoms. The number of nitrogens with two attached hydrogens (primary N) is 2. The van der Waals surface area contributed by atoms with Gasteiger partial charge in [0, 0.05) is 36.5 Å². The number of nitrogen functional groups attached to an aromatic ring is 1. The van der Waals surface area contributed by atoms with Crippen LogP contribution in [0.1, 0.15) is 11.1 Å². The van der Waals surface area contributed by atoms with Gasteiger partial charge in [0.2, 0.25) is 20.0 Å². The average Bonchev–Trinajstić information content (AvgIpc) is 2.82. The maximum absolute atomic E-state index is 13.2. The number of rotatable bonds is 9. The van der Waals surface area contributed by atoms with Gasteiger partial charge in [-0.2, -0.15) is 0 Å². The molecule has 0 bridgehead atoms. The minimum absolute atomic E-state index is 0.000771. The molecule has 1 atom stereocenters. The third-order valence-corrected chi connectivity index (χ3v) is 8.16. The van der Waals surface area contributed by atoms with Crippen LogP contribution in [0.5, 0.6) is 0 Å². The van der Waals surface area contributed by atoms with E-state index in [1.54, 1.807) is 48.5 Å². The van der Waals surface area contributed by atoms with Gasteiger partial charge in [0.25, 0.3) is 5.91 Å². The number of hydrogen-bond acceptors (Lipinski definition) is 8. The van der Waals surface area contributed by atoms with E-state index in [2.05, 4.69) is 5.32 Å². The Labute approximate surface area is 220 Å². The first-order chi connectivity index (χ1) is 17.2. The van der Waals surface area contributed by atoms with Gasteiger partial charge in [-0.25, -0.2) is 26.3 Å². The fourth-order valence-corrected chi connectivity index (χ4v) is 5.18. The number of halogens is 1. The number of nitrogens with zero attached hydrogens (tertiary/aromatic N) is 1. The monoisotopic (exact) mass is 563 g/mol. The van der Waals surface area contributed by atoms with Crippen molar-refractivity contribution in [1.82, 2.24) is 4.31 Å². The maximum Gasteiger partial charge on any atom is 0.258 e. The first-order valence-electron chi connectivity index (χ1n) is 10.8. The molecule has 0 fully saturated rings. The molecule has 196 valence electrons. The average molecular weight is 564 g/mol. The maximum atomic E-state index is 13.2. The second kappa shape index (κ2) is 10.9. The summed E-state index contributed by atoms with van der Waals surface area (Å²) < 4.78 is 48.8. The third-order valence-electron chi connectivity index (χ3n) is 5.71. The first kappa shape index (κ1) is 28.1. The summed E-state index contributed by atoms with van der Waals surface area (Å²) in [6, 6.07) is 14.7. The van der Waals surface area contributed by atoms with Crippen LogP contribution < -0.4 is 16.2 Å². The predicted octanol–water partition coefficient (Wildman–Crippen LogP) is 2.68. The van der Waals surface area contributed by atoms with Gasteiger partial charge in [-0.3, -0.25) is 4.79 Å². The fraction of sp³-hybridized carbons (Fsp3) is 0.167. The number of anilines is 2. The molecule has 0 heterocycles. The van der Waals surface area contributed by atoms with E-state index in [4.69, 9.17) is 27.9 Å². The number of amides is 1. The van der Waals surface area contributed by atoms with E-state index in [0.29, 0.717) is 37.9 Å². The molecule has 0 aromatic heterocycles. The van der Waals surface area contributed by atoms with Crippen molar-refractivity contribution < 1.29 is 21.6 Å². The van der Waals surface area contributed by atoms with Crippen LogP contribution >= 0.6 is 11.6 Å². The smallest absolute Gasteiger partial charge is 0.258 e. The van der Waals surface area contributed by atoms with Gasteiger partial charge in [0.1, 0.15) is 6.04 Å². The van der Waals surface area contributed by atoms with Crippen LogP contribution in [-0.2, 0) is 31.3 Å². The summed E-state index contributed by atoms with van der Waals surface area (Å²) in [5.74, 6) is -0.749. The molecule has 0 spiro atoms. The number of carbonyl (C=O) groups excluding carboxylic acids is 1. The Bertz CT molecular complexity index is 1580. The number of benzene rings is 3. The van der Waals surface area contributed by atoms with Gasteiger partial charge in [0.05, 0.1) is 21.9 Å². The summed E-state index contributed by atoms with van der Waals surface area (Å²) in [6.45, 7) is 0. The van der Waals surface area contributed by atoms with Gasteiger partial charge >= 0.3 is 0 Å². The molecule has 0 aliphatic rings. The molecule has 3 aromatic carbocycles. The van der Waals surface area contributed by atoms with E-state index in [-0.39, 0.29) is 16.3 Å². The Morgan fingerprint density at radius 2 is 1.78 bits per heavy atom. The Morgan fingerprint density at radius 3 is 2.38 bits per heavy atom. The summed E-state index contributed by atoms with van der Waals surface area (Å²) in [6.07, 6.45) is 1.98. The highest BCUT2D eigenvalue weighted by Crippen LogP contribution is 2.33. The Kier molecular flexibility index (Phi) is 8.28. The lowest BCUT2D eigenvalue weighted by molar-refractivity contribution is -0.126. The highest BCUT2D eigenvalue weighted by atomic mass is 35.5. The lowest BCUT2D eigenvalue weighted by Gasteiger charge is -2.25. The van der Waals surface area contributed by atoms with Crippen molar-refractivity contribution in [2.75, 3.05) is 24.4 Å². The Balaban J connectivity index is 2.03. The second-order valence-corrected chi connectivity index (χ2v) is 12.2. The number of hydrogen-bond donors (Lipinski definition) is 4. The number of primary sulfonamides is 1. The van der Waals surface area contributed by atoms with Crippen molar-refractivity contribution in [3.05, 3.63) is 76.8 Å². The topological polar surface area (TPSA) is 177 Å². The normalized spacial score (nSPS) is 12.5. The van der Waals surface area contributed by atoms with Gasteiger partial charge < -0.3 is 16.5 Å². The number of carbonyl (C=O) groups is 1. The highest BCUT2D eigenvalue weighted by Gasteiger charge is 2.29.